The number of nitrogens with zero attached hydrogens (tertiary/aromatic N) is 2. The predicted molar refractivity (Wildman–Crippen MR) is 68.1 cm³/mol. The molecule has 0 spiro atoms. The van der Waals surface area contributed by atoms with E-state index in [0.717, 1.165) is 5.75 Å². The fourth-order valence-corrected chi connectivity index (χ4v) is 1.40. The number of hydrogen-bond donors (Lipinski definition) is 2. The summed E-state index contributed by atoms with van der Waals surface area (Å²) in [6, 6.07) is 6.99. The minimum absolute atomic E-state index is 0.287. The van der Waals surface area contributed by atoms with E-state index in [2.05, 4.69) is 20.5 Å². The summed E-state index contributed by atoms with van der Waals surface area (Å²) in [7, 11) is 1.59. The summed E-state index contributed by atoms with van der Waals surface area (Å²) in [5.41, 5.74) is 0. The van der Waals surface area contributed by atoms with Crippen LogP contribution in [0, 0.1) is 0 Å². The second kappa shape index (κ2) is 5.85. The van der Waals surface area contributed by atoms with Crippen LogP contribution in [0.1, 0.15) is 6.92 Å². The van der Waals surface area contributed by atoms with Crippen LogP contribution in [0.25, 0.3) is 0 Å². The molecule has 1 amide bonds. The van der Waals surface area contributed by atoms with Gasteiger partial charge in [0.15, 0.2) is 6.10 Å². The summed E-state index contributed by atoms with van der Waals surface area (Å²) in [6.45, 7) is 1.65. The largest absolute Gasteiger partial charge is 0.497 e. The molecular weight excluding hydrogens is 248 g/mol. The van der Waals surface area contributed by atoms with Crippen LogP contribution < -0.4 is 14.8 Å². The molecule has 0 aliphatic carbocycles. The second-order valence-corrected chi connectivity index (χ2v) is 3.76. The SMILES string of the molecule is COc1ccc(O[C@H](C)C(=O)Nc2ncn[nH]2)cc1. The van der Waals surface area contributed by atoms with E-state index in [-0.39, 0.29) is 11.9 Å². The monoisotopic (exact) mass is 262 g/mol. The molecule has 7 nitrogen and oxygen atoms in total. The first-order chi connectivity index (χ1) is 9.19. The smallest absolute Gasteiger partial charge is 0.267 e. The molecule has 0 fully saturated rings. The van der Waals surface area contributed by atoms with Gasteiger partial charge in [-0.25, -0.2) is 5.10 Å². The highest BCUT2D eigenvalue weighted by atomic mass is 16.5. The van der Waals surface area contributed by atoms with Crippen LogP contribution in [0.4, 0.5) is 5.95 Å². The Balaban J connectivity index is 1.92. The summed E-state index contributed by atoms with van der Waals surface area (Å²) in [5, 5.41) is 8.72. The molecule has 1 aromatic carbocycles. The maximum absolute atomic E-state index is 11.8. The van der Waals surface area contributed by atoms with Gasteiger partial charge in [-0.2, -0.15) is 10.1 Å². The highest BCUT2D eigenvalue weighted by molar-refractivity contribution is 5.92. The Kier molecular flexibility index (Phi) is 3.97. The Morgan fingerprint density at radius 3 is 2.58 bits per heavy atom. The fraction of sp³-hybridized carbons (Fsp3) is 0.250. The van der Waals surface area contributed by atoms with Gasteiger partial charge >= 0.3 is 0 Å². The molecule has 7 heteroatoms. The number of aromatic amines is 1. The Labute approximate surface area is 110 Å². The standard InChI is InChI=1S/C12H14N4O3/c1-8(11(17)15-12-13-7-14-16-12)19-10-5-3-9(18-2)4-6-10/h3-8H,1-2H3,(H2,13,14,15,16,17)/t8-/m1/s1. The van der Waals surface area contributed by atoms with E-state index >= 15 is 0 Å². The second-order valence-electron chi connectivity index (χ2n) is 3.76. The minimum Gasteiger partial charge on any atom is -0.497 e. The number of aromatic nitrogens is 3. The number of hydrogen-bond acceptors (Lipinski definition) is 5. The highest BCUT2D eigenvalue weighted by Gasteiger charge is 2.15. The van der Waals surface area contributed by atoms with Crippen LogP contribution in [-0.4, -0.2) is 34.3 Å². The molecule has 0 radical (unpaired) electrons. The van der Waals surface area contributed by atoms with Gasteiger partial charge in [-0.15, -0.1) is 0 Å². The normalized spacial score (nSPS) is 11.7. The van der Waals surface area contributed by atoms with E-state index in [1.54, 1.807) is 38.3 Å². The van der Waals surface area contributed by atoms with Crippen LogP contribution in [-0.2, 0) is 4.79 Å². The summed E-state index contributed by atoms with van der Waals surface area (Å²) >= 11 is 0. The Hall–Kier alpha value is -2.57. The summed E-state index contributed by atoms with van der Waals surface area (Å²) < 4.78 is 10.5. The summed E-state index contributed by atoms with van der Waals surface area (Å²) in [4.78, 5) is 15.6. The van der Waals surface area contributed by atoms with E-state index in [0.29, 0.717) is 5.75 Å². The number of anilines is 1. The van der Waals surface area contributed by atoms with Crippen molar-refractivity contribution in [2.75, 3.05) is 12.4 Å². The number of nitrogens with one attached hydrogen (secondary N) is 2. The number of ether oxygens (including phenoxy) is 2. The fourth-order valence-electron chi connectivity index (χ4n) is 1.40. The molecule has 0 bridgehead atoms. The van der Waals surface area contributed by atoms with Crippen LogP contribution in [0.3, 0.4) is 0 Å². The number of benzene rings is 1. The van der Waals surface area contributed by atoms with E-state index in [1.165, 1.54) is 6.33 Å². The van der Waals surface area contributed by atoms with Gasteiger partial charge in [0.1, 0.15) is 17.8 Å². The molecule has 0 aliphatic rings. The van der Waals surface area contributed by atoms with E-state index in [4.69, 9.17) is 9.47 Å². The topological polar surface area (TPSA) is 89.1 Å². The van der Waals surface area contributed by atoms with Crippen molar-refractivity contribution in [2.24, 2.45) is 0 Å². The molecule has 19 heavy (non-hydrogen) atoms. The third-order valence-electron chi connectivity index (χ3n) is 2.40. The third-order valence-corrected chi connectivity index (χ3v) is 2.40. The molecule has 2 rings (SSSR count). The maximum atomic E-state index is 11.8. The van der Waals surface area contributed by atoms with Crippen molar-refractivity contribution in [3.05, 3.63) is 30.6 Å². The molecule has 100 valence electrons. The van der Waals surface area contributed by atoms with E-state index in [1.807, 2.05) is 0 Å². The van der Waals surface area contributed by atoms with Crippen molar-refractivity contribution < 1.29 is 14.3 Å². The van der Waals surface area contributed by atoms with E-state index in [9.17, 15) is 4.79 Å². The Morgan fingerprint density at radius 2 is 2.00 bits per heavy atom. The molecule has 2 aromatic rings. The lowest BCUT2D eigenvalue weighted by Gasteiger charge is -2.13. The molecule has 1 aromatic heterocycles. The lowest BCUT2D eigenvalue weighted by atomic mass is 10.3. The quantitative estimate of drug-likeness (QED) is 0.845. The lowest BCUT2D eigenvalue weighted by Crippen LogP contribution is -2.30. The molecule has 0 saturated carbocycles. The number of rotatable bonds is 5. The molecular formula is C12H14N4O3. The lowest BCUT2D eigenvalue weighted by molar-refractivity contribution is -0.122. The zero-order valence-corrected chi connectivity index (χ0v) is 10.6. The summed E-state index contributed by atoms with van der Waals surface area (Å²) in [6.07, 6.45) is 0.656. The average molecular weight is 262 g/mol. The molecule has 0 saturated heterocycles. The number of amides is 1. The van der Waals surface area contributed by atoms with Crippen LogP contribution in [0.15, 0.2) is 30.6 Å². The van der Waals surface area contributed by atoms with Gasteiger partial charge in [0, 0.05) is 0 Å². The van der Waals surface area contributed by atoms with Crippen molar-refractivity contribution >= 4 is 11.9 Å². The first-order valence-electron chi connectivity index (χ1n) is 5.66. The average Bonchev–Trinajstić information content (AvgIpc) is 2.92. The van der Waals surface area contributed by atoms with Gasteiger partial charge in [-0.05, 0) is 31.2 Å². The van der Waals surface area contributed by atoms with Crippen molar-refractivity contribution in [1.29, 1.82) is 0 Å². The third kappa shape index (κ3) is 3.44. The molecule has 0 unspecified atom stereocenters. The molecule has 0 aliphatic heterocycles. The minimum atomic E-state index is -0.654. The van der Waals surface area contributed by atoms with Gasteiger partial charge in [0.2, 0.25) is 5.95 Å². The first-order valence-corrected chi connectivity index (χ1v) is 5.66. The Bertz CT molecular complexity index is 524. The van der Waals surface area contributed by atoms with Gasteiger partial charge < -0.3 is 9.47 Å². The zero-order valence-electron chi connectivity index (χ0n) is 10.6. The maximum Gasteiger partial charge on any atom is 0.267 e. The number of carbonyl (C=O) groups is 1. The van der Waals surface area contributed by atoms with Gasteiger partial charge in [-0.3, -0.25) is 10.1 Å². The Morgan fingerprint density at radius 1 is 1.32 bits per heavy atom. The number of carbonyl (C=O) groups excluding carboxylic acids is 1. The molecule has 2 N–H and O–H groups in total. The van der Waals surface area contributed by atoms with Crippen molar-refractivity contribution in [1.82, 2.24) is 15.2 Å². The zero-order chi connectivity index (χ0) is 13.7. The van der Waals surface area contributed by atoms with Crippen LogP contribution in [0.5, 0.6) is 11.5 Å². The van der Waals surface area contributed by atoms with E-state index < -0.39 is 6.10 Å². The number of methoxy groups -OCH3 is 1. The van der Waals surface area contributed by atoms with Crippen LogP contribution >= 0.6 is 0 Å². The highest BCUT2D eigenvalue weighted by Crippen LogP contribution is 2.18. The van der Waals surface area contributed by atoms with Crippen LogP contribution in [0.2, 0.25) is 0 Å². The molecule has 1 atom stereocenters. The number of H-pyrrole nitrogens is 1. The van der Waals surface area contributed by atoms with Gasteiger partial charge in [0.05, 0.1) is 7.11 Å². The first kappa shape index (κ1) is 12.9. The predicted octanol–water partition coefficient (Wildman–Crippen LogP) is 1.22. The van der Waals surface area contributed by atoms with Crippen molar-refractivity contribution in [2.45, 2.75) is 13.0 Å². The van der Waals surface area contributed by atoms with Gasteiger partial charge in [0.25, 0.3) is 5.91 Å². The van der Waals surface area contributed by atoms with Crippen molar-refractivity contribution in [3.63, 3.8) is 0 Å². The van der Waals surface area contributed by atoms with Gasteiger partial charge in [-0.1, -0.05) is 0 Å². The summed E-state index contributed by atoms with van der Waals surface area (Å²) in [5.74, 6) is 1.29. The molecule has 1 heterocycles. The van der Waals surface area contributed by atoms with Crippen molar-refractivity contribution in [3.8, 4) is 11.5 Å².